The van der Waals surface area contributed by atoms with E-state index in [1.807, 2.05) is 43.0 Å². The highest BCUT2D eigenvalue weighted by atomic mass is 35.5. The molecular formula is C19H22ClN3O3. The van der Waals surface area contributed by atoms with Crippen molar-refractivity contribution >= 4 is 17.5 Å². The number of hydrogen-bond donors (Lipinski definition) is 1. The van der Waals surface area contributed by atoms with Crippen LogP contribution in [0.4, 0.5) is 0 Å². The summed E-state index contributed by atoms with van der Waals surface area (Å²) in [5.74, 6) is 0.775. The molecule has 0 saturated carbocycles. The summed E-state index contributed by atoms with van der Waals surface area (Å²) in [7, 11) is 0. The molecule has 1 aromatic carbocycles. The van der Waals surface area contributed by atoms with Crippen LogP contribution in [-0.2, 0) is 16.9 Å². The van der Waals surface area contributed by atoms with Crippen molar-refractivity contribution in [3.05, 3.63) is 46.2 Å². The highest BCUT2D eigenvalue weighted by molar-refractivity contribution is 6.30. The Hall–Kier alpha value is -2.05. The quantitative estimate of drug-likeness (QED) is 0.891. The molecule has 6 nitrogen and oxygen atoms in total. The largest absolute Gasteiger partial charge is 0.490 e. The molecule has 0 unspecified atom stereocenters. The van der Waals surface area contributed by atoms with Crippen molar-refractivity contribution in [2.75, 3.05) is 13.1 Å². The van der Waals surface area contributed by atoms with Crippen molar-refractivity contribution < 1.29 is 14.3 Å². The SMILES string of the molecule is CC1(C)OCc2c(C(=O)N3CCC(Oc4ccc(Cl)cc4)CC3)n[nH]c21. The molecule has 4 rings (SSSR count). The number of fused-ring (bicyclic) bond motifs is 1. The molecule has 0 radical (unpaired) electrons. The van der Waals surface area contributed by atoms with Crippen LogP contribution >= 0.6 is 11.6 Å². The highest BCUT2D eigenvalue weighted by Gasteiger charge is 2.38. The first kappa shape index (κ1) is 17.4. The fourth-order valence-electron chi connectivity index (χ4n) is 3.54. The second kappa shape index (κ2) is 6.59. The number of rotatable bonds is 3. The van der Waals surface area contributed by atoms with Gasteiger partial charge >= 0.3 is 0 Å². The third-order valence-corrected chi connectivity index (χ3v) is 5.35. The van der Waals surface area contributed by atoms with Crippen molar-refractivity contribution in [1.29, 1.82) is 0 Å². The fraction of sp³-hybridized carbons (Fsp3) is 0.474. The van der Waals surface area contributed by atoms with Gasteiger partial charge in [0.1, 0.15) is 17.5 Å². The Kier molecular flexibility index (Phi) is 4.40. The fourth-order valence-corrected chi connectivity index (χ4v) is 3.66. The standard InChI is InChI=1S/C19H22ClN3O3/c1-19(2)17-15(11-25-19)16(21-22-17)18(24)23-9-7-14(8-10-23)26-13-5-3-12(20)4-6-13/h3-6,14H,7-11H2,1-2H3,(H,21,22). The van der Waals surface area contributed by atoms with Crippen LogP contribution in [-0.4, -0.2) is 40.2 Å². The topological polar surface area (TPSA) is 67.4 Å². The Morgan fingerprint density at radius 3 is 2.69 bits per heavy atom. The molecule has 0 bridgehead atoms. The second-order valence-corrected chi connectivity index (χ2v) is 7.72. The van der Waals surface area contributed by atoms with E-state index in [4.69, 9.17) is 21.1 Å². The van der Waals surface area contributed by atoms with Gasteiger partial charge < -0.3 is 14.4 Å². The summed E-state index contributed by atoms with van der Waals surface area (Å²) >= 11 is 5.90. The number of nitrogens with zero attached hydrogens (tertiary/aromatic N) is 2. The van der Waals surface area contributed by atoms with E-state index in [1.165, 1.54) is 0 Å². The minimum Gasteiger partial charge on any atom is -0.490 e. The van der Waals surface area contributed by atoms with Gasteiger partial charge in [-0.15, -0.1) is 0 Å². The Morgan fingerprint density at radius 1 is 1.31 bits per heavy atom. The first-order valence-electron chi connectivity index (χ1n) is 8.87. The predicted octanol–water partition coefficient (Wildman–Crippen LogP) is 3.51. The smallest absolute Gasteiger partial charge is 0.274 e. The van der Waals surface area contributed by atoms with Crippen LogP contribution in [0.1, 0.15) is 48.4 Å². The zero-order chi connectivity index (χ0) is 18.3. The number of hydrogen-bond acceptors (Lipinski definition) is 4. The number of benzene rings is 1. The van der Waals surface area contributed by atoms with Crippen molar-refractivity contribution in [2.45, 2.75) is 45.0 Å². The van der Waals surface area contributed by atoms with Crippen molar-refractivity contribution in [3.63, 3.8) is 0 Å². The number of likely N-dealkylation sites (tertiary alicyclic amines) is 1. The number of piperidine rings is 1. The summed E-state index contributed by atoms with van der Waals surface area (Å²) in [6.45, 7) is 5.69. The normalized spacial score (nSPS) is 19.4. The molecule has 3 heterocycles. The monoisotopic (exact) mass is 375 g/mol. The molecule has 0 spiro atoms. The first-order valence-corrected chi connectivity index (χ1v) is 9.25. The molecule has 2 aliphatic rings. The van der Waals surface area contributed by atoms with Crippen molar-refractivity contribution in [1.82, 2.24) is 15.1 Å². The van der Waals surface area contributed by atoms with Gasteiger partial charge in [0.05, 0.1) is 12.3 Å². The molecular weight excluding hydrogens is 354 g/mol. The molecule has 7 heteroatoms. The number of halogens is 1. The van der Waals surface area contributed by atoms with Gasteiger partial charge in [-0.1, -0.05) is 11.6 Å². The molecule has 138 valence electrons. The molecule has 26 heavy (non-hydrogen) atoms. The molecule has 1 fully saturated rings. The van der Waals surface area contributed by atoms with Crippen LogP contribution in [0.5, 0.6) is 5.75 Å². The maximum Gasteiger partial charge on any atom is 0.274 e. The number of amides is 1. The number of ether oxygens (including phenoxy) is 2. The number of aromatic nitrogens is 2. The average molecular weight is 376 g/mol. The summed E-state index contributed by atoms with van der Waals surface area (Å²) in [4.78, 5) is 14.7. The van der Waals surface area contributed by atoms with Gasteiger partial charge in [-0.25, -0.2) is 0 Å². The molecule has 1 aromatic heterocycles. The Balaban J connectivity index is 1.38. The lowest BCUT2D eigenvalue weighted by atomic mass is 10.0. The van der Waals surface area contributed by atoms with Gasteiger partial charge in [0.15, 0.2) is 5.69 Å². The van der Waals surface area contributed by atoms with Crippen LogP contribution in [0, 0.1) is 0 Å². The lowest BCUT2D eigenvalue weighted by Crippen LogP contribution is -2.42. The van der Waals surface area contributed by atoms with Crippen LogP contribution in [0.3, 0.4) is 0 Å². The highest BCUT2D eigenvalue weighted by Crippen LogP contribution is 2.36. The minimum absolute atomic E-state index is 0.0336. The zero-order valence-corrected chi connectivity index (χ0v) is 15.7. The maximum atomic E-state index is 12.9. The van der Waals surface area contributed by atoms with Crippen molar-refractivity contribution in [3.8, 4) is 5.75 Å². The van der Waals surface area contributed by atoms with Crippen LogP contribution < -0.4 is 4.74 Å². The molecule has 0 aliphatic carbocycles. The van der Waals surface area contributed by atoms with Gasteiger partial charge in [-0.2, -0.15) is 5.10 Å². The third-order valence-electron chi connectivity index (χ3n) is 5.09. The summed E-state index contributed by atoms with van der Waals surface area (Å²) in [6, 6.07) is 7.37. The van der Waals surface area contributed by atoms with Crippen LogP contribution in [0.25, 0.3) is 0 Å². The lowest BCUT2D eigenvalue weighted by molar-refractivity contribution is -0.0115. The van der Waals surface area contributed by atoms with Gasteiger partial charge in [0, 0.05) is 36.5 Å². The lowest BCUT2D eigenvalue weighted by Gasteiger charge is -2.32. The van der Waals surface area contributed by atoms with E-state index in [9.17, 15) is 4.79 Å². The molecule has 1 saturated heterocycles. The number of nitrogens with one attached hydrogen (secondary N) is 1. The average Bonchev–Trinajstić information content (AvgIpc) is 3.18. The Bertz CT molecular complexity index is 808. The summed E-state index contributed by atoms with van der Waals surface area (Å²) < 4.78 is 11.7. The molecule has 2 aliphatic heterocycles. The van der Waals surface area contributed by atoms with Gasteiger partial charge in [0.2, 0.25) is 0 Å². The van der Waals surface area contributed by atoms with E-state index >= 15 is 0 Å². The van der Waals surface area contributed by atoms with E-state index in [0.29, 0.717) is 30.4 Å². The van der Waals surface area contributed by atoms with E-state index in [-0.39, 0.29) is 12.0 Å². The molecule has 1 amide bonds. The van der Waals surface area contributed by atoms with E-state index < -0.39 is 5.60 Å². The Labute approximate surface area is 157 Å². The van der Waals surface area contributed by atoms with Crippen molar-refractivity contribution in [2.24, 2.45) is 0 Å². The maximum absolute atomic E-state index is 12.9. The van der Waals surface area contributed by atoms with Gasteiger partial charge in [0.25, 0.3) is 5.91 Å². The Morgan fingerprint density at radius 2 is 2.00 bits per heavy atom. The first-order chi connectivity index (χ1) is 12.4. The zero-order valence-electron chi connectivity index (χ0n) is 14.9. The van der Waals surface area contributed by atoms with E-state index in [0.717, 1.165) is 29.8 Å². The molecule has 2 aromatic rings. The van der Waals surface area contributed by atoms with Crippen LogP contribution in [0.15, 0.2) is 24.3 Å². The van der Waals surface area contributed by atoms with E-state index in [2.05, 4.69) is 10.2 Å². The number of H-pyrrole nitrogens is 1. The number of carbonyl (C=O) groups is 1. The molecule has 1 N–H and O–H groups in total. The summed E-state index contributed by atoms with van der Waals surface area (Å²) in [5.41, 5.74) is 1.87. The van der Waals surface area contributed by atoms with Crippen LogP contribution in [0.2, 0.25) is 5.02 Å². The van der Waals surface area contributed by atoms with Gasteiger partial charge in [-0.05, 0) is 38.1 Å². The van der Waals surface area contributed by atoms with Gasteiger partial charge in [-0.3, -0.25) is 9.89 Å². The second-order valence-electron chi connectivity index (χ2n) is 7.29. The third kappa shape index (κ3) is 3.19. The predicted molar refractivity (Wildman–Crippen MR) is 97.4 cm³/mol. The number of carbonyl (C=O) groups excluding carboxylic acids is 1. The van der Waals surface area contributed by atoms with E-state index in [1.54, 1.807) is 0 Å². The molecule has 0 atom stereocenters. The minimum atomic E-state index is -0.416. The number of aromatic amines is 1. The summed E-state index contributed by atoms with van der Waals surface area (Å²) in [6.07, 6.45) is 1.69. The summed E-state index contributed by atoms with van der Waals surface area (Å²) in [5, 5.41) is 7.94.